The molecule has 1 rings (SSSR count). The first-order valence-corrected chi connectivity index (χ1v) is 8.21. The SMILES string of the molecule is NCCCCS(=O)(=O)Nc1ccc(I)cc1Cl. The van der Waals surface area contributed by atoms with Crippen molar-refractivity contribution in [1.29, 1.82) is 0 Å². The Hall–Kier alpha value is -0.0500. The summed E-state index contributed by atoms with van der Waals surface area (Å²) in [6, 6.07) is 5.16. The summed E-state index contributed by atoms with van der Waals surface area (Å²) in [6.07, 6.45) is 1.25. The van der Waals surface area contributed by atoms with E-state index in [1.165, 1.54) is 0 Å². The van der Waals surface area contributed by atoms with Crippen LogP contribution < -0.4 is 10.5 Å². The number of hydrogen-bond acceptors (Lipinski definition) is 3. The highest BCUT2D eigenvalue weighted by molar-refractivity contribution is 14.1. The van der Waals surface area contributed by atoms with Gasteiger partial charge < -0.3 is 5.73 Å². The van der Waals surface area contributed by atoms with E-state index >= 15 is 0 Å². The third-order valence-electron chi connectivity index (χ3n) is 2.06. The van der Waals surface area contributed by atoms with E-state index in [1.807, 2.05) is 0 Å². The van der Waals surface area contributed by atoms with Gasteiger partial charge in [0.15, 0.2) is 0 Å². The summed E-state index contributed by atoms with van der Waals surface area (Å²) >= 11 is 8.06. The van der Waals surface area contributed by atoms with Crippen LogP contribution in [-0.2, 0) is 10.0 Å². The number of rotatable bonds is 6. The molecule has 0 saturated carbocycles. The Bertz CT molecular complexity index is 479. The molecule has 0 heterocycles. The highest BCUT2D eigenvalue weighted by Gasteiger charge is 2.12. The lowest BCUT2D eigenvalue weighted by atomic mass is 10.3. The van der Waals surface area contributed by atoms with Gasteiger partial charge in [-0.2, -0.15) is 0 Å². The van der Waals surface area contributed by atoms with E-state index in [-0.39, 0.29) is 5.75 Å². The van der Waals surface area contributed by atoms with Crippen molar-refractivity contribution >= 4 is 49.9 Å². The Kier molecular flexibility index (Phi) is 5.98. The zero-order chi connectivity index (χ0) is 12.9. The van der Waals surface area contributed by atoms with Gasteiger partial charge in [-0.15, -0.1) is 0 Å². The van der Waals surface area contributed by atoms with Crippen molar-refractivity contribution in [2.24, 2.45) is 5.73 Å². The number of halogens is 2. The van der Waals surface area contributed by atoms with Gasteiger partial charge in [0, 0.05) is 3.57 Å². The molecule has 0 radical (unpaired) electrons. The first-order valence-electron chi connectivity index (χ1n) is 5.10. The number of benzene rings is 1. The van der Waals surface area contributed by atoms with Crippen LogP contribution in [0.15, 0.2) is 18.2 Å². The van der Waals surface area contributed by atoms with Gasteiger partial charge in [0.2, 0.25) is 10.0 Å². The normalized spacial score (nSPS) is 11.5. The quantitative estimate of drug-likeness (QED) is 0.581. The molecule has 0 spiro atoms. The van der Waals surface area contributed by atoms with Crippen molar-refractivity contribution in [1.82, 2.24) is 0 Å². The predicted molar refractivity (Wildman–Crippen MR) is 79.9 cm³/mol. The maximum Gasteiger partial charge on any atom is 0.232 e. The maximum absolute atomic E-state index is 11.7. The van der Waals surface area contributed by atoms with Crippen LogP contribution in [0.5, 0.6) is 0 Å². The van der Waals surface area contributed by atoms with E-state index in [1.54, 1.807) is 18.2 Å². The van der Waals surface area contributed by atoms with Crippen molar-refractivity contribution < 1.29 is 8.42 Å². The fourth-order valence-corrected chi connectivity index (χ4v) is 3.39. The summed E-state index contributed by atoms with van der Waals surface area (Å²) in [5, 5.41) is 0.402. The smallest absolute Gasteiger partial charge is 0.232 e. The minimum atomic E-state index is -3.33. The Balaban J connectivity index is 2.69. The molecule has 0 amide bonds. The summed E-state index contributed by atoms with van der Waals surface area (Å²) in [5.41, 5.74) is 5.73. The highest BCUT2D eigenvalue weighted by atomic mass is 127. The van der Waals surface area contributed by atoms with E-state index in [4.69, 9.17) is 17.3 Å². The van der Waals surface area contributed by atoms with Crippen LogP contribution in [0.2, 0.25) is 5.02 Å². The molecule has 0 bridgehead atoms. The number of sulfonamides is 1. The van der Waals surface area contributed by atoms with Crippen molar-refractivity contribution in [3.05, 3.63) is 26.8 Å². The first kappa shape index (κ1) is 15.0. The molecule has 0 unspecified atom stereocenters. The van der Waals surface area contributed by atoms with E-state index < -0.39 is 10.0 Å². The molecule has 4 nitrogen and oxygen atoms in total. The zero-order valence-corrected chi connectivity index (χ0v) is 12.8. The Labute approximate surface area is 120 Å². The highest BCUT2D eigenvalue weighted by Crippen LogP contribution is 2.24. The van der Waals surface area contributed by atoms with Gasteiger partial charge in [0.1, 0.15) is 0 Å². The number of nitrogens with two attached hydrogens (primary N) is 1. The number of anilines is 1. The third-order valence-corrected chi connectivity index (χ3v) is 4.40. The molecule has 17 heavy (non-hydrogen) atoms. The molecule has 1 aromatic rings. The molecule has 0 aliphatic carbocycles. The van der Waals surface area contributed by atoms with Crippen molar-refractivity contribution in [2.45, 2.75) is 12.8 Å². The van der Waals surface area contributed by atoms with Crippen molar-refractivity contribution in [3.63, 3.8) is 0 Å². The van der Waals surface area contributed by atoms with E-state index in [0.29, 0.717) is 30.1 Å². The van der Waals surface area contributed by atoms with Gasteiger partial charge >= 0.3 is 0 Å². The Morgan fingerprint density at radius 2 is 2.06 bits per heavy atom. The van der Waals surface area contributed by atoms with E-state index in [2.05, 4.69) is 27.3 Å². The monoisotopic (exact) mass is 388 g/mol. The van der Waals surface area contributed by atoms with Crippen LogP contribution in [-0.4, -0.2) is 20.7 Å². The van der Waals surface area contributed by atoms with Gasteiger partial charge in [0.25, 0.3) is 0 Å². The van der Waals surface area contributed by atoms with Crippen LogP contribution in [0.25, 0.3) is 0 Å². The number of nitrogens with one attached hydrogen (secondary N) is 1. The lowest BCUT2D eigenvalue weighted by Crippen LogP contribution is -2.17. The summed E-state index contributed by atoms with van der Waals surface area (Å²) in [6.45, 7) is 0.500. The lowest BCUT2D eigenvalue weighted by Gasteiger charge is -2.09. The molecule has 0 atom stereocenters. The average Bonchev–Trinajstić information content (AvgIpc) is 2.22. The topological polar surface area (TPSA) is 72.2 Å². The molecule has 0 aliphatic rings. The predicted octanol–water partition coefficient (Wildman–Crippen LogP) is 2.43. The summed E-state index contributed by atoms with van der Waals surface area (Å²) in [7, 11) is -3.33. The third kappa shape index (κ3) is 5.41. The van der Waals surface area contributed by atoms with Gasteiger partial charge in [0.05, 0.1) is 16.5 Å². The standard InChI is InChI=1S/C10H14ClIN2O2S/c11-9-7-8(12)3-4-10(9)14-17(15,16)6-2-1-5-13/h3-4,7,14H,1-2,5-6,13H2. The first-order chi connectivity index (χ1) is 7.94. The molecule has 7 heteroatoms. The molecule has 0 aromatic heterocycles. The van der Waals surface area contributed by atoms with Gasteiger partial charge in [-0.05, 0) is 60.2 Å². The van der Waals surface area contributed by atoms with Crippen molar-refractivity contribution in [3.8, 4) is 0 Å². The molecule has 0 fully saturated rings. The van der Waals surface area contributed by atoms with Crippen LogP contribution in [0.1, 0.15) is 12.8 Å². The second-order valence-corrected chi connectivity index (χ2v) is 7.04. The van der Waals surface area contributed by atoms with Crippen LogP contribution >= 0.6 is 34.2 Å². The second-order valence-electron chi connectivity index (χ2n) is 3.54. The summed E-state index contributed by atoms with van der Waals surface area (Å²) in [4.78, 5) is 0. The molecular weight excluding hydrogens is 375 g/mol. The second kappa shape index (κ2) is 6.77. The van der Waals surface area contributed by atoms with Crippen LogP contribution in [0.4, 0.5) is 5.69 Å². The maximum atomic E-state index is 11.7. The number of unbranched alkanes of at least 4 members (excludes halogenated alkanes) is 1. The van der Waals surface area contributed by atoms with Crippen LogP contribution in [0, 0.1) is 3.57 Å². The van der Waals surface area contributed by atoms with E-state index in [9.17, 15) is 8.42 Å². The molecule has 0 saturated heterocycles. The fourth-order valence-electron chi connectivity index (χ4n) is 1.23. The Morgan fingerprint density at radius 3 is 2.65 bits per heavy atom. The Morgan fingerprint density at radius 1 is 1.35 bits per heavy atom. The van der Waals surface area contributed by atoms with Gasteiger partial charge in [-0.3, -0.25) is 4.72 Å². The van der Waals surface area contributed by atoms with Gasteiger partial charge in [-0.1, -0.05) is 11.6 Å². The molecule has 3 N–H and O–H groups in total. The summed E-state index contributed by atoms with van der Waals surface area (Å²) in [5.74, 6) is 0.0620. The van der Waals surface area contributed by atoms with Gasteiger partial charge in [-0.25, -0.2) is 8.42 Å². The van der Waals surface area contributed by atoms with Crippen LogP contribution in [0.3, 0.4) is 0 Å². The largest absolute Gasteiger partial charge is 0.330 e. The van der Waals surface area contributed by atoms with Crippen molar-refractivity contribution in [2.75, 3.05) is 17.0 Å². The average molecular weight is 389 g/mol. The van der Waals surface area contributed by atoms with E-state index in [0.717, 1.165) is 3.57 Å². The minimum Gasteiger partial charge on any atom is -0.330 e. The molecule has 0 aliphatic heterocycles. The summed E-state index contributed by atoms with van der Waals surface area (Å²) < 4.78 is 26.8. The lowest BCUT2D eigenvalue weighted by molar-refractivity contribution is 0.597. The molecule has 96 valence electrons. The fraction of sp³-hybridized carbons (Fsp3) is 0.400. The number of hydrogen-bond donors (Lipinski definition) is 2. The minimum absolute atomic E-state index is 0.0620. The molecular formula is C10H14ClIN2O2S. The zero-order valence-electron chi connectivity index (χ0n) is 9.12. The molecule has 1 aromatic carbocycles.